The van der Waals surface area contributed by atoms with Gasteiger partial charge >= 0.3 is 5.92 Å². The summed E-state index contributed by atoms with van der Waals surface area (Å²) in [6.07, 6.45) is -3.61. The molecule has 1 aromatic rings. The van der Waals surface area contributed by atoms with Crippen LogP contribution in [-0.2, 0) is 5.92 Å². The first-order valence-electron chi connectivity index (χ1n) is 3.96. The Morgan fingerprint density at radius 1 is 1.00 bits per heavy atom. The summed E-state index contributed by atoms with van der Waals surface area (Å²) in [5.41, 5.74) is -5.05. The van der Waals surface area contributed by atoms with Gasteiger partial charge in [-0.05, 0) is 0 Å². The summed E-state index contributed by atoms with van der Waals surface area (Å²) in [6.45, 7) is 0. The van der Waals surface area contributed by atoms with Gasteiger partial charge in [0.2, 0.25) is 6.17 Å². The normalized spacial score (nSPS) is 15.1. The molecule has 0 bridgehead atoms. The maximum atomic E-state index is 13.2. The largest absolute Gasteiger partial charge is 0.309 e. The van der Waals surface area contributed by atoms with E-state index in [2.05, 4.69) is 0 Å². The third-order valence-corrected chi connectivity index (χ3v) is 2.05. The molecular weight excluding hydrogens is 231 g/mol. The molecule has 3 radical (unpaired) electrons. The van der Waals surface area contributed by atoms with E-state index in [1.807, 2.05) is 0 Å². The topological polar surface area (TPSA) is 0 Å². The fourth-order valence-corrected chi connectivity index (χ4v) is 1.22. The first-order chi connectivity index (χ1) is 6.76. The SMILES string of the molecule is FC(C(F)(F)[Si])C(F)(F)c1ccccc1. The Kier molecular flexibility index (Phi) is 3.18. The Bertz CT molecular complexity index is 319. The first kappa shape index (κ1) is 12.2. The van der Waals surface area contributed by atoms with Gasteiger partial charge in [0.25, 0.3) is 5.55 Å². The molecule has 0 amide bonds. The van der Waals surface area contributed by atoms with E-state index >= 15 is 0 Å². The van der Waals surface area contributed by atoms with Crippen molar-refractivity contribution < 1.29 is 22.0 Å². The van der Waals surface area contributed by atoms with E-state index < -0.39 is 23.2 Å². The second-order valence-corrected chi connectivity index (χ2v) is 3.64. The molecule has 0 aliphatic carbocycles. The maximum Gasteiger partial charge on any atom is 0.309 e. The fourth-order valence-electron chi connectivity index (χ4n) is 1.03. The molecule has 0 aromatic heterocycles. The lowest BCUT2D eigenvalue weighted by Crippen LogP contribution is -2.42. The van der Waals surface area contributed by atoms with Crippen molar-refractivity contribution in [1.82, 2.24) is 0 Å². The van der Waals surface area contributed by atoms with E-state index in [9.17, 15) is 22.0 Å². The van der Waals surface area contributed by atoms with Crippen LogP contribution in [0.4, 0.5) is 22.0 Å². The van der Waals surface area contributed by atoms with Crippen LogP contribution in [0.5, 0.6) is 0 Å². The lowest BCUT2D eigenvalue weighted by Gasteiger charge is -2.25. The molecular formula is C9H6F5Si. The zero-order chi connectivity index (χ0) is 11.7. The number of hydrogen-bond acceptors (Lipinski definition) is 0. The molecule has 6 heteroatoms. The highest BCUT2D eigenvalue weighted by molar-refractivity contribution is 6.13. The van der Waals surface area contributed by atoms with Crippen LogP contribution in [0.3, 0.4) is 0 Å². The molecule has 1 rings (SSSR count). The fraction of sp³-hybridized carbons (Fsp3) is 0.333. The third kappa shape index (κ3) is 2.56. The van der Waals surface area contributed by atoms with Crippen molar-refractivity contribution in [3.63, 3.8) is 0 Å². The van der Waals surface area contributed by atoms with Crippen LogP contribution >= 0.6 is 0 Å². The smallest absolute Gasteiger partial charge is 0.234 e. The molecule has 81 valence electrons. The summed E-state index contributed by atoms with van der Waals surface area (Å²) >= 11 is 0. The quantitative estimate of drug-likeness (QED) is 0.560. The van der Waals surface area contributed by atoms with Gasteiger partial charge in [0.15, 0.2) is 0 Å². The maximum absolute atomic E-state index is 13.2. The van der Waals surface area contributed by atoms with Gasteiger partial charge in [-0.25, -0.2) is 13.2 Å². The lowest BCUT2D eigenvalue weighted by atomic mass is 10.0. The minimum Gasteiger partial charge on any atom is -0.234 e. The minimum atomic E-state index is -4.26. The Labute approximate surface area is 86.5 Å². The van der Waals surface area contributed by atoms with Gasteiger partial charge in [0, 0.05) is 5.56 Å². The molecule has 1 aromatic carbocycles. The van der Waals surface area contributed by atoms with Gasteiger partial charge in [-0.3, -0.25) is 0 Å². The van der Waals surface area contributed by atoms with E-state index in [0.29, 0.717) is 0 Å². The molecule has 0 saturated heterocycles. The van der Waals surface area contributed by atoms with Crippen LogP contribution in [-0.4, -0.2) is 22.0 Å². The zero-order valence-corrected chi connectivity index (χ0v) is 8.35. The van der Waals surface area contributed by atoms with Crippen molar-refractivity contribution in [2.24, 2.45) is 0 Å². The van der Waals surface area contributed by atoms with Crippen molar-refractivity contribution in [2.45, 2.75) is 17.6 Å². The van der Waals surface area contributed by atoms with E-state index in [0.717, 1.165) is 12.1 Å². The molecule has 1 unspecified atom stereocenters. The van der Waals surface area contributed by atoms with Gasteiger partial charge in [-0.2, -0.15) is 8.78 Å². The molecule has 0 heterocycles. The van der Waals surface area contributed by atoms with Crippen molar-refractivity contribution in [2.75, 3.05) is 0 Å². The summed E-state index contributed by atoms with van der Waals surface area (Å²) < 4.78 is 63.9. The highest BCUT2D eigenvalue weighted by atomic mass is 28.1. The standard InChI is InChI=1S/C9H6F5Si/c10-7(9(13,14)15)8(11,12)6-4-2-1-3-5-6/h1-5,7H. The third-order valence-electron chi connectivity index (χ3n) is 1.80. The molecule has 1 atom stereocenters. The number of hydrogen-bond donors (Lipinski definition) is 0. The van der Waals surface area contributed by atoms with E-state index in [1.54, 1.807) is 10.2 Å². The van der Waals surface area contributed by atoms with Crippen molar-refractivity contribution in [3.8, 4) is 0 Å². The highest BCUT2D eigenvalue weighted by Crippen LogP contribution is 2.39. The molecule has 15 heavy (non-hydrogen) atoms. The average molecular weight is 237 g/mol. The van der Waals surface area contributed by atoms with E-state index in [1.165, 1.54) is 18.2 Å². The lowest BCUT2D eigenvalue weighted by molar-refractivity contribution is -0.150. The summed E-state index contributed by atoms with van der Waals surface area (Å²) in [6, 6.07) is 5.66. The molecule has 0 N–H and O–H groups in total. The molecule has 0 saturated carbocycles. The van der Waals surface area contributed by atoms with Crippen LogP contribution < -0.4 is 0 Å². The van der Waals surface area contributed by atoms with Crippen LogP contribution in [0, 0.1) is 0 Å². The first-order valence-corrected chi connectivity index (χ1v) is 4.46. The van der Waals surface area contributed by atoms with Crippen molar-refractivity contribution in [3.05, 3.63) is 35.9 Å². The van der Waals surface area contributed by atoms with Crippen molar-refractivity contribution in [1.29, 1.82) is 0 Å². The molecule has 0 fully saturated rings. The van der Waals surface area contributed by atoms with Gasteiger partial charge in [-0.1, -0.05) is 30.3 Å². The van der Waals surface area contributed by atoms with Crippen molar-refractivity contribution >= 4 is 10.2 Å². The summed E-state index contributed by atoms with van der Waals surface area (Å²) in [5.74, 6) is -4.23. The second kappa shape index (κ2) is 3.92. The molecule has 0 spiro atoms. The van der Waals surface area contributed by atoms with Crippen LogP contribution in [0.15, 0.2) is 30.3 Å². The Morgan fingerprint density at radius 2 is 1.47 bits per heavy atom. The molecule has 0 aliphatic rings. The summed E-state index contributed by atoms with van der Waals surface area (Å²) in [4.78, 5) is 0. The molecule has 0 aliphatic heterocycles. The van der Waals surface area contributed by atoms with Crippen LogP contribution in [0.25, 0.3) is 0 Å². The Balaban J connectivity index is 3.03. The van der Waals surface area contributed by atoms with Gasteiger partial charge in [-0.15, -0.1) is 0 Å². The predicted octanol–water partition coefficient (Wildman–Crippen LogP) is 2.88. The summed E-state index contributed by atoms with van der Waals surface area (Å²) in [5, 5.41) is 0. The molecule has 0 nitrogen and oxygen atoms in total. The number of benzene rings is 1. The monoisotopic (exact) mass is 237 g/mol. The Morgan fingerprint density at radius 3 is 1.87 bits per heavy atom. The van der Waals surface area contributed by atoms with E-state index in [4.69, 9.17) is 0 Å². The van der Waals surface area contributed by atoms with Gasteiger partial charge in [0.1, 0.15) is 10.2 Å². The second-order valence-electron chi connectivity index (χ2n) is 2.97. The summed E-state index contributed by atoms with van der Waals surface area (Å²) in [7, 11) is 1.64. The van der Waals surface area contributed by atoms with Gasteiger partial charge < -0.3 is 0 Å². The number of rotatable bonds is 3. The van der Waals surface area contributed by atoms with Crippen LogP contribution in [0.1, 0.15) is 5.56 Å². The van der Waals surface area contributed by atoms with E-state index in [-0.39, 0.29) is 0 Å². The average Bonchev–Trinajstić information content (AvgIpc) is 2.16. The number of alkyl halides is 5. The highest BCUT2D eigenvalue weighted by Gasteiger charge is 2.53. The minimum absolute atomic E-state index is 0.782. The zero-order valence-electron chi connectivity index (χ0n) is 7.35. The van der Waals surface area contributed by atoms with Crippen LogP contribution in [0.2, 0.25) is 0 Å². The predicted molar refractivity (Wildman–Crippen MR) is 45.9 cm³/mol. The Hall–Kier alpha value is -0.913. The number of halogens is 5. The van der Waals surface area contributed by atoms with Gasteiger partial charge in [0.05, 0.1) is 0 Å².